The quantitative estimate of drug-likeness (QED) is 0.817. The maximum absolute atomic E-state index is 12.2. The van der Waals surface area contributed by atoms with Crippen molar-refractivity contribution in [2.75, 3.05) is 11.9 Å². The molecule has 0 unspecified atom stereocenters. The van der Waals surface area contributed by atoms with E-state index in [1.165, 1.54) is 36.8 Å². The number of carbonyl (C=O) groups is 2. The third kappa shape index (κ3) is 4.56. The van der Waals surface area contributed by atoms with Crippen LogP contribution in [0.15, 0.2) is 0 Å². The lowest BCUT2D eigenvalue weighted by atomic mass is 9.86. The molecule has 1 saturated carbocycles. The first-order valence-electron chi connectivity index (χ1n) is 8.53. The van der Waals surface area contributed by atoms with Gasteiger partial charge in [-0.15, -0.1) is 0 Å². The summed E-state index contributed by atoms with van der Waals surface area (Å²) in [6.07, 6.45) is 7.73. The van der Waals surface area contributed by atoms with Crippen molar-refractivity contribution < 1.29 is 14.3 Å². The first-order valence-corrected chi connectivity index (χ1v) is 8.53. The van der Waals surface area contributed by atoms with E-state index in [1.807, 2.05) is 0 Å². The molecule has 1 aliphatic rings. The van der Waals surface area contributed by atoms with Crippen LogP contribution in [-0.2, 0) is 16.6 Å². The number of esters is 1. The summed E-state index contributed by atoms with van der Waals surface area (Å²) in [5.41, 5.74) is 0.911. The molecule has 0 saturated heterocycles. The average molecular weight is 321 g/mol. The zero-order valence-corrected chi connectivity index (χ0v) is 14.4. The number of ether oxygens (including phenoxy) is 1. The molecule has 6 heteroatoms. The van der Waals surface area contributed by atoms with E-state index in [2.05, 4.69) is 10.4 Å². The summed E-state index contributed by atoms with van der Waals surface area (Å²) in [6.45, 7) is 3.79. The highest BCUT2D eigenvalue weighted by Crippen LogP contribution is 2.27. The SMILES string of the molecule is CCOC(=O)c1c(C)nn(C)c1NC(=O)CCC1CCCCC1. The molecule has 23 heavy (non-hydrogen) atoms. The van der Waals surface area contributed by atoms with Crippen LogP contribution in [0.25, 0.3) is 0 Å². The highest BCUT2D eigenvalue weighted by Gasteiger charge is 2.23. The lowest BCUT2D eigenvalue weighted by Gasteiger charge is -2.21. The fraction of sp³-hybridized carbons (Fsp3) is 0.706. The number of carbonyl (C=O) groups excluding carboxylic acids is 2. The second-order valence-corrected chi connectivity index (χ2v) is 6.24. The van der Waals surface area contributed by atoms with Crippen molar-refractivity contribution in [1.29, 1.82) is 0 Å². The Morgan fingerprint density at radius 3 is 2.65 bits per heavy atom. The minimum atomic E-state index is -0.444. The van der Waals surface area contributed by atoms with Crippen molar-refractivity contribution in [3.05, 3.63) is 11.3 Å². The smallest absolute Gasteiger partial charge is 0.343 e. The van der Waals surface area contributed by atoms with Crippen LogP contribution in [0.4, 0.5) is 5.82 Å². The Labute approximate surface area is 137 Å². The van der Waals surface area contributed by atoms with Crippen LogP contribution in [0.2, 0.25) is 0 Å². The molecule has 1 aliphatic carbocycles. The van der Waals surface area contributed by atoms with Crippen molar-refractivity contribution in [1.82, 2.24) is 9.78 Å². The van der Waals surface area contributed by atoms with Gasteiger partial charge in [0.2, 0.25) is 5.91 Å². The molecular formula is C17H27N3O3. The zero-order chi connectivity index (χ0) is 16.8. The number of aromatic nitrogens is 2. The number of aryl methyl sites for hydroxylation is 2. The van der Waals surface area contributed by atoms with E-state index in [-0.39, 0.29) is 5.91 Å². The van der Waals surface area contributed by atoms with E-state index >= 15 is 0 Å². The van der Waals surface area contributed by atoms with Gasteiger partial charge in [0, 0.05) is 13.5 Å². The van der Waals surface area contributed by atoms with E-state index in [0.29, 0.717) is 36.0 Å². The number of nitrogens with zero attached hydrogens (tertiary/aromatic N) is 2. The molecule has 0 spiro atoms. The topological polar surface area (TPSA) is 73.2 Å². The van der Waals surface area contributed by atoms with Crippen LogP contribution in [0.5, 0.6) is 0 Å². The summed E-state index contributed by atoms with van der Waals surface area (Å²) < 4.78 is 6.58. The monoisotopic (exact) mass is 321 g/mol. The van der Waals surface area contributed by atoms with Crippen LogP contribution >= 0.6 is 0 Å². The summed E-state index contributed by atoms with van der Waals surface area (Å²) in [6, 6.07) is 0. The Kier molecular flexibility index (Phi) is 6.19. The number of anilines is 1. The van der Waals surface area contributed by atoms with Crippen LogP contribution in [0.1, 0.15) is 67.9 Å². The number of hydrogen-bond acceptors (Lipinski definition) is 4. The van der Waals surface area contributed by atoms with Crippen molar-refractivity contribution in [2.24, 2.45) is 13.0 Å². The molecule has 0 bridgehead atoms. The molecule has 0 aromatic carbocycles. The molecule has 0 atom stereocenters. The number of rotatable bonds is 6. The van der Waals surface area contributed by atoms with Gasteiger partial charge in [-0.1, -0.05) is 32.1 Å². The van der Waals surface area contributed by atoms with E-state index in [0.717, 1.165) is 6.42 Å². The van der Waals surface area contributed by atoms with Gasteiger partial charge in [-0.3, -0.25) is 9.48 Å². The van der Waals surface area contributed by atoms with Crippen molar-refractivity contribution in [3.63, 3.8) is 0 Å². The molecule has 128 valence electrons. The first kappa shape index (κ1) is 17.5. The van der Waals surface area contributed by atoms with Gasteiger partial charge in [0.05, 0.1) is 12.3 Å². The molecule has 1 aromatic rings. The lowest BCUT2D eigenvalue weighted by Crippen LogP contribution is -2.19. The normalized spacial score (nSPS) is 15.4. The van der Waals surface area contributed by atoms with E-state index in [4.69, 9.17) is 4.74 Å². The summed E-state index contributed by atoms with van der Waals surface area (Å²) in [5.74, 6) is 0.576. The predicted octanol–water partition coefficient (Wildman–Crippen LogP) is 3.20. The molecule has 1 aromatic heterocycles. The first-order chi connectivity index (χ1) is 11.0. The Morgan fingerprint density at radius 1 is 1.30 bits per heavy atom. The van der Waals surface area contributed by atoms with Crippen LogP contribution in [0, 0.1) is 12.8 Å². The predicted molar refractivity (Wildman–Crippen MR) is 88.3 cm³/mol. The summed E-state index contributed by atoms with van der Waals surface area (Å²) in [4.78, 5) is 24.3. The molecule has 6 nitrogen and oxygen atoms in total. The van der Waals surface area contributed by atoms with Crippen LogP contribution in [-0.4, -0.2) is 28.3 Å². The Balaban J connectivity index is 1.98. The Morgan fingerprint density at radius 2 is 2.00 bits per heavy atom. The number of amides is 1. The maximum atomic E-state index is 12.2. The van der Waals surface area contributed by atoms with E-state index in [1.54, 1.807) is 20.9 Å². The molecule has 1 N–H and O–H groups in total. The van der Waals surface area contributed by atoms with Crippen LogP contribution in [0.3, 0.4) is 0 Å². The van der Waals surface area contributed by atoms with Crippen molar-refractivity contribution in [3.8, 4) is 0 Å². The molecule has 0 aliphatic heterocycles. The second kappa shape index (κ2) is 8.13. The number of hydrogen-bond donors (Lipinski definition) is 1. The highest BCUT2D eigenvalue weighted by atomic mass is 16.5. The summed E-state index contributed by atoms with van der Waals surface area (Å²) in [5, 5.41) is 7.06. The maximum Gasteiger partial charge on any atom is 0.343 e. The standard InChI is InChI=1S/C17H27N3O3/c1-4-23-17(22)15-12(2)19-20(3)16(15)18-14(21)11-10-13-8-6-5-7-9-13/h13H,4-11H2,1-3H3,(H,18,21). The van der Waals surface area contributed by atoms with Gasteiger partial charge in [-0.05, 0) is 26.2 Å². The highest BCUT2D eigenvalue weighted by molar-refractivity contribution is 6.01. The number of nitrogens with one attached hydrogen (secondary N) is 1. The fourth-order valence-electron chi connectivity index (χ4n) is 3.25. The van der Waals surface area contributed by atoms with Gasteiger partial charge in [-0.25, -0.2) is 4.79 Å². The van der Waals surface area contributed by atoms with Gasteiger partial charge < -0.3 is 10.1 Å². The van der Waals surface area contributed by atoms with Crippen LogP contribution < -0.4 is 5.32 Å². The van der Waals surface area contributed by atoms with Gasteiger partial charge >= 0.3 is 5.97 Å². The van der Waals surface area contributed by atoms with Gasteiger partial charge in [-0.2, -0.15) is 5.10 Å². The lowest BCUT2D eigenvalue weighted by molar-refractivity contribution is -0.116. The Bertz CT molecular complexity index is 560. The van der Waals surface area contributed by atoms with Gasteiger partial charge in [0.25, 0.3) is 0 Å². The molecule has 0 radical (unpaired) electrons. The minimum absolute atomic E-state index is 0.0656. The van der Waals surface area contributed by atoms with Crippen molar-refractivity contribution >= 4 is 17.7 Å². The van der Waals surface area contributed by atoms with Crippen molar-refractivity contribution in [2.45, 2.75) is 58.8 Å². The fourth-order valence-corrected chi connectivity index (χ4v) is 3.25. The third-order valence-corrected chi connectivity index (χ3v) is 4.46. The zero-order valence-electron chi connectivity index (χ0n) is 14.4. The minimum Gasteiger partial charge on any atom is -0.462 e. The molecule has 1 heterocycles. The van der Waals surface area contributed by atoms with Gasteiger partial charge in [0.1, 0.15) is 11.4 Å². The van der Waals surface area contributed by atoms with E-state index < -0.39 is 5.97 Å². The summed E-state index contributed by atoms with van der Waals surface area (Å²) >= 11 is 0. The molecular weight excluding hydrogens is 294 g/mol. The second-order valence-electron chi connectivity index (χ2n) is 6.24. The Hall–Kier alpha value is -1.85. The summed E-state index contributed by atoms with van der Waals surface area (Å²) in [7, 11) is 1.71. The van der Waals surface area contributed by atoms with E-state index in [9.17, 15) is 9.59 Å². The van der Waals surface area contributed by atoms with Gasteiger partial charge in [0.15, 0.2) is 0 Å². The largest absolute Gasteiger partial charge is 0.462 e. The average Bonchev–Trinajstić information content (AvgIpc) is 2.80. The molecule has 1 fully saturated rings. The third-order valence-electron chi connectivity index (χ3n) is 4.46. The molecule has 1 amide bonds. The molecule has 2 rings (SSSR count).